The Morgan fingerprint density at radius 1 is 0.966 bits per heavy atom. The molecule has 2 aromatic rings. The monoisotopic (exact) mass is 479 g/mol. The summed E-state index contributed by atoms with van der Waals surface area (Å²) in [7, 11) is 0. The van der Waals surface area contributed by atoms with Gasteiger partial charge in [0.15, 0.2) is 0 Å². The van der Waals surface area contributed by atoms with Crippen molar-refractivity contribution in [3.05, 3.63) is 63.6 Å². The van der Waals surface area contributed by atoms with Crippen LogP contribution in [-0.2, 0) is 12.4 Å². The molecule has 0 aliphatic carbocycles. The van der Waals surface area contributed by atoms with Gasteiger partial charge in [-0.1, -0.05) is 33.8 Å². The number of ether oxygens (including phenoxy) is 1. The zero-order valence-electron chi connectivity index (χ0n) is 14.4. The van der Waals surface area contributed by atoms with Crippen molar-refractivity contribution in [2.75, 3.05) is 13.2 Å². The Bertz CT molecular complexity index is 912. The molecule has 0 aliphatic rings. The molecule has 154 valence electrons. The molecule has 0 radical (unpaired) electrons. The molecule has 0 bridgehead atoms. The lowest BCUT2D eigenvalue weighted by atomic mass is 10.0. The molecule has 0 saturated carbocycles. The van der Waals surface area contributed by atoms with Crippen LogP contribution in [0.3, 0.4) is 0 Å². The molecule has 3 nitrogen and oxygen atoms in total. The van der Waals surface area contributed by atoms with Crippen molar-refractivity contribution in [3.8, 4) is 17.6 Å². The summed E-state index contributed by atoms with van der Waals surface area (Å²) in [6.45, 7) is -0.299. The van der Waals surface area contributed by atoms with E-state index in [1.807, 2.05) is 0 Å². The molecule has 2 aromatic carbocycles. The minimum Gasteiger partial charge on any atom is -0.481 e. The number of rotatable bonds is 4. The molecule has 0 heterocycles. The largest absolute Gasteiger partial charge is 0.481 e. The van der Waals surface area contributed by atoms with E-state index in [-0.39, 0.29) is 19.2 Å². The number of nitrogens with one attached hydrogen (secondary N) is 1. The number of benzene rings is 2. The van der Waals surface area contributed by atoms with E-state index in [0.29, 0.717) is 17.9 Å². The predicted molar refractivity (Wildman–Crippen MR) is 96.2 cm³/mol. The maximum atomic E-state index is 12.8. The lowest BCUT2D eigenvalue weighted by molar-refractivity contribution is -0.143. The molecule has 0 fully saturated rings. The minimum absolute atomic E-state index is 0.0197. The number of carbonyl (C=O) groups excluding carboxylic acids is 1. The van der Waals surface area contributed by atoms with Crippen LogP contribution < -0.4 is 10.1 Å². The average Bonchev–Trinajstić information content (AvgIpc) is 2.62. The first-order valence-electron chi connectivity index (χ1n) is 7.88. The van der Waals surface area contributed by atoms with Gasteiger partial charge in [0.2, 0.25) is 0 Å². The van der Waals surface area contributed by atoms with Gasteiger partial charge in [0.1, 0.15) is 12.4 Å². The first kappa shape index (κ1) is 22.6. The van der Waals surface area contributed by atoms with Crippen LogP contribution in [0, 0.1) is 11.8 Å². The van der Waals surface area contributed by atoms with Crippen molar-refractivity contribution in [1.29, 1.82) is 0 Å². The van der Waals surface area contributed by atoms with E-state index in [1.165, 1.54) is 0 Å². The Labute approximate surface area is 170 Å². The summed E-state index contributed by atoms with van der Waals surface area (Å²) in [4.78, 5) is 11.9. The number of hydrogen-bond donors (Lipinski definition) is 1. The summed E-state index contributed by atoms with van der Waals surface area (Å²) >= 11 is 3.26. The van der Waals surface area contributed by atoms with Crippen LogP contribution in [0.15, 0.2) is 46.9 Å². The second-order valence-electron chi connectivity index (χ2n) is 5.58. The van der Waals surface area contributed by atoms with Gasteiger partial charge >= 0.3 is 12.4 Å². The molecule has 0 saturated heterocycles. The molecule has 10 heteroatoms. The van der Waals surface area contributed by atoms with Gasteiger partial charge in [-0.15, -0.1) is 0 Å². The molecule has 1 N–H and O–H groups in total. The summed E-state index contributed by atoms with van der Waals surface area (Å²) in [5.41, 5.74) is -3.89. The van der Waals surface area contributed by atoms with Gasteiger partial charge in [-0.2, -0.15) is 26.3 Å². The number of amides is 1. The van der Waals surface area contributed by atoms with Crippen molar-refractivity contribution in [2.45, 2.75) is 12.4 Å². The number of alkyl halides is 6. The van der Waals surface area contributed by atoms with Crippen molar-refractivity contribution in [2.24, 2.45) is 0 Å². The summed E-state index contributed by atoms with van der Waals surface area (Å²) in [6.07, 6.45) is -10.1. The molecule has 29 heavy (non-hydrogen) atoms. The summed E-state index contributed by atoms with van der Waals surface area (Å²) in [5, 5.41) is 2.15. The minimum atomic E-state index is -5.03. The van der Waals surface area contributed by atoms with Crippen molar-refractivity contribution >= 4 is 21.8 Å². The van der Waals surface area contributed by atoms with E-state index in [0.717, 1.165) is 4.47 Å². The Hall–Kier alpha value is -2.67. The lowest BCUT2D eigenvalue weighted by Crippen LogP contribution is -2.25. The van der Waals surface area contributed by atoms with Gasteiger partial charge in [-0.05, 0) is 36.4 Å². The second kappa shape index (κ2) is 9.22. The highest BCUT2D eigenvalue weighted by molar-refractivity contribution is 9.10. The topological polar surface area (TPSA) is 38.3 Å². The Morgan fingerprint density at radius 3 is 2.14 bits per heavy atom. The summed E-state index contributed by atoms with van der Waals surface area (Å²) in [5.74, 6) is 4.50. The van der Waals surface area contributed by atoms with Gasteiger partial charge < -0.3 is 10.1 Å². The van der Waals surface area contributed by atoms with E-state index < -0.39 is 35.0 Å². The van der Waals surface area contributed by atoms with Crippen LogP contribution in [0.1, 0.15) is 21.5 Å². The normalized spacial score (nSPS) is 11.4. The van der Waals surface area contributed by atoms with Crippen LogP contribution in [0.2, 0.25) is 0 Å². The van der Waals surface area contributed by atoms with Gasteiger partial charge in [0.25, 0.3) is 5.91 Å². The fraction of sp³-hybridized carbons (Fsp3) is 0.211. The zero-order valence-corrected chi connectivity index (χ0v) is 16.0. The molecule has 0 unspecified atom stereocenters. The van der Waals surface area contributed by atoms with Crippen molar-refractivity contribution in [3.63, 3.8) is 0 Å². The summed E-state index contributed by atoms with van der Waals surface area (Å²) < 4.78 is 83.0. The highest BCUT2D eigenvalue weighted by Crippen LogP contribution is 2.36. The third-order valence-corrected chi connectivity index (χ3v) is 3.91. The van der Waals surface area contributed by atoms with Gasteiger partial charge in [-0.3, -0.25) is 4.79 Å². The fourth-order valence-corrected chi connectivity index (χ4v) is 2.48. The summed E-state index contributed by atoms with van der Waals surface area (Å²) in [6, 6.07) is 7.61. The molecule has 0 atom stereocenters. The van der Waals surface area contributed by atoms with Crippen LogP contribution in [-0.4, -0.2) is 19.1 Å². The van der Waals surface area contributed by atoms with E-state index in [9.17, 15) is 31.1 Å². The van der Waals surface area contributed by atoms with Gasteiger partial charge in [0.05, 0.1) is 17.7 Å². The Balaban J connectivity index is 2.00. The van der Waals surface area contributed by atoms with E-state index in [2.05, 4.69) is 33.1 Å². The smallest absolute Gasteiger partial charge is 0.416 e. The number of carbonyl (C=O) groups is 1. The standard InChI is InChI=1S/C19H12BrF6NO2/c20-15-4-3-5-16(11-15)29-7-2-1-6-27-17(28)12-8-13(18(21,22)23)10-14(9-12)19(24,25)26/h3-5,8-11H,6-7H2,(H,27,28). The Morgan fingerprint density at radius 2 is 1.59 bits per heavy atom. The van der Waals surface area contributed by atoms with Crippen LogP contribution in [0.5, 0.6) is 5.75 Å². The van der Waals surface area contributed by atoms with Crippen molar-refractivity contribution in [1.82, 2.24) is 5.32 Å². The van der Waals surface area contributed by atoms with E-state index in [1.54, 1.807) is 24.3 Å². The van der Waals surface area contributed by atoms with E-state index in [4.69, 9.17) is 4.74 Å². The maximum absolute atomic E-state index is 12.8. The first-order chi connectivity index (χ1) is 13.5. The zero-order chi connectivity index (χ0) is 21.7. The van der Waals surface area contributed by atoms with Crippen LogP contribution in [0.4, 0.5) is 26.3 Å². The Kier molecular flexibility index (Phi) is 7.19. The third kappa shape index (κ3) is 7.02. The van der Waals surface area contributed by atoms with Crippen molar-refractivity contribution < 1.29 is 35.9 Å². The molecule has 0 spiro atoms. The highest BCUT2D eigenvalue weighted by Gasteiger charge is 2.37. The number of halogens is 7. The van der Waals surface area contributed by atoms with E-state index >= 15 is 0 Å². The molecule has 1 amide bonds. The maximum Gasteiger partial charge on any atom is 0.416 e. The highest BCUT2D eigenvalue weighted by atomic mass is 79.9. The first-order valence-corrected chi connectivity index (χ1v) is 8.68. The van der Waals surface area contributed by atoms with Crippen LogP contribution >= 0.6 is 15.9 Å². The molecule has 0 aliphatic heterocycles. The molecule has 0 aromatic heterocycles. The third-order valence-electron chi connectivity index (χ3n) is 3.42. The average molecular weight is 480 g/mol. The quantitative estimate of drug-likeness (QED) is 0.477. The molecule has 2 rings (SSSR count). The SMILES string of the molecule is O=C(NCC#CCOc1cccc(Br)c1)c1cc(C(F)(F)F)cc(C(F)(F)F)c1. The van der Waals surface area contributed by atoms with Crippen LogP contribution in [0.25, 0.3) is 0 Å². The predicted octanol–water partition coefficient (Wildman–Crippen LogP) is 5.30. The van der Waals surface area contributed by atoms with Gasteiger partial charge in [0, 0.05) is 10.0 Å². The molecular formula is C19H12BrF6NO2. The van der Waals surface area contributed by atoms with Gasteiger partial charge in [-0.25, -0.2) is 0 Å². The lowest BCUT2D eigenvalue weighted by Gasteiger charge is -2.13. The second-order valence-corrected chi connectivity index (χ2v) is 6.49. The molecular weight excluding hydrogens is 468 g/mol. The number of hydrogen-bond acceptors (Lipinski definition) is 2. The fourth-order valence-electron chi connectivity index (χ4n) is 2.10.